The smallest absolute Gasteiger partial charge is 0.196 e. The molecular weight excluding hydrogens is 374 g/mol. The standard InChI is InChI=1S/C21H23N3O3S/c1-5-27-19-12-8-17(9-13-19)24-20(16-6-10-18(26-4)11-7-16)22-23-21(24)28-15(3)14(2)25/h6-13,15H,5H2,1-4H3. The van der Waals surface area contributed by atoms with E-state index in [0.29, 0.717) is 17.6 Å². The van der Waals surface area contributed by atoms with Crippen molar-refractivity contribution in [2.24, 2.45) is 0 Å². The van der Waals surface area contributed by atoms with Crippen LogP contribution < -0.4 is 9.47 Å². The molecule has 6 nitrogen and oxygen atoms in total. The number of rotatable bonds is 8. The van der Waals surface area contributed by atoms with Gasteiger partial charge in [0.05, 0.1) is 19.0 Å². The fourth-order valence-corrected chi connectivity index (χ4v) is 3.47. The molecule has 0 amide bonds. The van der Waals surface area contributed by atoms with Gasteiger partial charge in [-0.2, -0.15) is 0 Å². The van der Waals surface area contributed by atoms with Gasteiger partial charge in [-0.25, -0.2) is 0 Å². The highest BCUT2D eigenvalue weighted by molar-refractivity contribution is 8.00. The molecule has 0 aliphatic heterocycles. The van der Waals surface area contributed by atoms with Gasteiger partial charge in [0.2, 0.25) is 0 Å². The Kier molecular flexibility index (Phi) is 6.36. The third kappa shape index (κ3) is 4.36. The minimum Gasteiger partial charge on any atom is -0.497 e. The third-order valence-electron chi connectivity index (χ3n) is 4.24. The highest BCUT2D eigenvalue weighted by atomic mass is 32.2. The first-order chi connectivity index (χ1) is 13.5. The summed E-state index contributed by atoms with van der Waals surface area (Å²) in [7, 11) is 1.63. The van der Waals surface area contributed by atoms with Crippen molar-refractivity contribution >= 4 is 17.5 Å². The molecule has 1 aromatic heterocycles. The van der Waals surface area contributed by atoms with E-state index in [0.717, 1.165) is 22.7 Å². The van der Waals surface area contributed by atoms with Crippen LogP contribution in [0.15, 0.2) is 53.7 Å². The predicted molar refractivity (Wildman–Crippen MR) is 111 cm³/mol. The number of carbonyl (C=O) groups excluding carboxylic acids is 1. The molecule has 1 atom stereocenters. The number of benzene rings is 2. The summed E-state index contributed by atoms with van der Waals surface area (Å²) in [6, 6.07) is 15.4. The van der Waals surface area contributed by atoms with Crippen molar-refractivity contribution in [1.29, 1.82) is 0 Å². The number of hydrogen-bond acceptors (Lipinski definition) is 6. The van der Waals surface area contributed by atoms with Crippen LogP contribution in [0.2, 0.25) is 0 Å². The van der Waals surface area contributed by atoms with Crippen LogP contribution in [0.25, 0.3) is 17.1 Å². The summed E-state index contributed by atoms with van der Waals surface area (Å²) in [6.45, 7) is 6.02. The van der Waals surface area contributed by atoms with E-state index in [1.807, 2.05) is 66.9 Å². The van der Waals surface area contributed by atoms with Gasteiger partial charge < -0.3 is 9.47 Å². The van der Waals surface area contributed by atoms with Crippen molar-refractivity contribution in [3.8, 4) is 28.6 Å². The lowest BCUT2D eigenvalue weighted by molar-refractivity contribution is -0.116. The average Bonchev–Trinajstić information content (AvgIpc) is 3.12. The molecule has 28 heavy (non-hydrogen) atoms. The van der Waals surface area contributed by atoms with Gasteiger partial charge in [-0.05, 0) is 69.3 Å². The number of hydrogen-bond donors (Lipinski definition) is 0. The molecule has 0 radical (unpaired) electrons. The zero-order valence-electron chi connectivity index (χ0n) is 16.4. The van der Waals surface area contributed by atoms with Gasteiger partial charge in [0.15, 0.2) is 11.0 Å². The van der Waals surface area contributed by atoms with Crippen LogP contribution in [0, 0.1) is 0 Å². The topological polar surface area (TPSA) is 66.2 Å². The zero-order valence-corrected chi connectivity index (χ0v) is 17.2. The summed E-state index contributed by atoms with van der Waals surface area (Å²) in [6.07, 6.45) is 0. The summed E-state index contributed by atoms with van der Waals surface area (Å²) < 4.78 is 12.7. The van der Waals surface area contributed by atoms with E-state index in [2.05, 4.69) is 10.2 Å². The molecule has 0 saturated heterocycles. The number of ether oxygens (including phenoxy) is 2. The zero-order chi connectivity index (χ0) is 20.1. The number of aromatic nitrogens is 3. The molecular formula is C21H23N3O3S. The lowest BCUT2D eigenvalue weighted by Crippen LogP contribution is -2.10. The van der Waals surface area contributed by atoms with Crippen molar-refractivity contribution in [2.45, 2.75) is 31.2 Å². The van der Waals surface area contributed by atoms with Crippen molar-refractivity contribution in [3.05, 3.63) is 48.5 Å². The lowest BCUT2D eigenvalue weighted by atomic mass is 10.2. The maximum atomic E-state index is 11.8. The van der Waals surface area contributed by atoms with E-state index in [1.54, 1.807) is 14.0 Å². The Morgan fingerprint density at radius 3 is 2.29 bits per heavy atom. The van der Waals surface area contributed by atoms with E-state index in [9.17, 15) is 4.79 Å². The molecule has 1 unspecified atom stereocenters. The monoisotopic (exact) mass is 397 g/mol. The van der Waals surface area contributed by atoms with Crippen molar-refractivity contribution in [3.63, 3.8) is 0 Å². The molecule has 3 aromatic rings. The summed E-state index contributed by atoms with van der Waals surface area (Å²) in [4.78, 5) is 11.8. The normalized spacial score (nSPS) is 11.9. The van der Waals surface area contributed by atoms with Gasteiger partial charge in [-0.3, -0.25) is 9.36 Å². The molecule has 1 heterocycles. The molecule has 0 spiro atoms. The van der Waals surface area contributed by atoms with Crippen LogP contribution in [0.1, 0.15) is 20.8 Å². The molecule has 2 aromatic carbocycles. The SMILES string of the molecule is CCOc1ccc(-n2c(SC(C)C(C)=O)nnc2-c2ccc(OC)cc2)cc1. The second kappa shape index (κ2) is 8.93. The average molecular weight is 398 g/mol. The number of nitrogens with zero attached hydrogens (tertiary/aromatic N) is 3. The van der Waals surface area contributed by atoms with E-state index in [-0.39, 0.29) is 11.0 Å². The Hall–Kier alpha value is -2.80. The van der Waals surface area contributed by atoms with E-state index >= 15 is 0 Å². The number of carbonyl (C=O) groups is 1. The fourth-order valence-electron chi connectivity index (χ4n) is 2.61. The molecule has 3 rings (SSSR count). The Bertz CT molecular complexity index is 937. The first-order valence-corrected chi connectivity index (χ1v) is 9.91. The summed E-state index contributed by atoms with van der Waals surface area (Å²) >= 11 is 1.39. The molecule has 0 aliphatic rings. The molecule has 0 fully saturated rings. The Labute approximate surface area is 168 Å². The highest BCUT2D eigenvalue weighted by Gasteiger charge is 2.20. The van der Waals surface area contributed by atoms with Crippen LogP contribution in [-0.2, 0) is 4.79 Å². The van der Waals surface area contributed by atoms with Gasteiger partial charge >= 0.3 is 0 Å². The maximum Gasteiger partial charge on any atom is 0.196 e. The minimum atomic E-state index is -0.214. The lowest BCUT2D eigenvalue weighted by Gasteiger charge is -2.13. The van der Waals surface area contributed by atoms with Crippen LogP contribution in [0.4, 0.5) is 0 Å². The van der Waals surface area contributed by atoms with Crippen LogP contribution in [0.5, 0.6) is 11.5 Å². The van der Waals surface area contributed by atoms with Gasteiger partial charge in [0.25, 0.3) is 0 Å². The summed E-state index contributed by atoms with van der Waals surface area (Å²) in [5, 5.41) is 9.20. The van der Waals surface area contributed by atoms with Crippen molar-refractivity contribution in [1.82, 2.24) is 14.8 Å². The molecule has 0 aliphatic carbocycles. The second-order valence-electron chi connectivity index (χ2n) is 6.17. The Morgan fingerprint density at radius 1 is 1.07 bits per heavy atom. The maximum absolute atomic E-state index is 11.8. The van der Waals surface area contributed by atoms with Gasteiger partial charge in [-0.1, -0.05) is 11.8 Å². The largest absolute Gasteiger partial charge is 0.497 e. The molecule has 7 heteroatoms. The van der Waals surface area contributed by atoms with Gasteiger partial charge in [0.1, 0.15) is 17.3 Å². The first-order valence-electron chi connectivity index (χ1n) is 9.03. The number of methoxy groups -OCH3 is 1. The molecule has 0 N–H and O–H groups in total. The summed E-state index contributed by atoms with van der Waals surface area (Å²) in [5.41, 5.74) is 1.81. The van der Waals surface area contributed by atoms with Crippen molar-refractivity contribution < 1.29 is 14.3 Å². The van der Waals surface area contributed by atoms with Gasteiger partial charge in [-0.15, -0.1) is 10.2 Å². The third-order valence-corrected chi connectivity index (χ3v) is 5.40. The van der Waals surface area contributed by atoms with Crippen LogP contribution in [-0.4, -0.2) is 39.5 Å². The Balaban J connectivity index is 2.06. The quantitative estimate of drug-likeness (QED) is 0.525. The molecule has 0 saturated carbocycles. The van der Waals surface area contributed by atoms with E-state index in [4.69, 9.17) is 9.47 Å². The predicted octanol–water partition coefficient (Wildman–Crippen LogP) is 4.41. The summed E-state index contributed by atoms with van der Waals surface area (Å²) in [5.74, 6) is 2.37. The fraction of sp³-hybridized carbons (Fsp3) is 0.286. The number of Topliss-reactive ketones (excluding diaryl/α,β-unsaturated/α-hetero) is 1. The molecule has 146 valence electrons. The number of thioether (sulfide) groups is 1. The van der Waals surface area contributed by atoms with Crippen LogP contribution in [0.3, 0.4) is 0 Å². The van der Waals surface area contributed by atoms with Gasteiger partial charge in [0, 0.05) is 11.3 Å². The highest BCUT2D eigenvalue weighted by Crippen LogP contribution is 2.31. The second-order valence-corrected chi connectivity index (χ2v) is 7.48. The van der Waals surface area contributed by atoms with E-state index < -0.39 is 0 Å². The van der Waals surface area contributed by atoms with Crippen molar-refractivity contribution in [2.75, 3.05) is 13.7 Å². The first kappa shape index (κ1) is 19.9. The Morgan fingerprint density at radius 2 is 1.71 bits per heavy atom. The molecule has 0 bridgehead atoms. The number of ketones is 1. The van der Waals surface area contributed by atoms with Crippen LogP contribution >= 0.6 is 11.8 Å². The minimum absolute atomic E-state index is 0.0947. The van der Waals surface area contributed by atoms with E-state index in [1.165, 1.54) is 11.8 Å².